The van der Waals surface area contributed by atoms with Gasteiger partial charge in [0.15, 0.2) is 18.2 Å². The first-order chi connectivity index (χ1) is 13.5. The molecule has 0 fully saturated rings. The topological polar surface area (TPSA) is 55.8 Å². The number of likely N-dealkylation sites (N-methyl/N-ethyl adjacent to an activating group) is 1. The van der Waals surface area contributed by atoms with Crippen LogP contribution in [0.3, 0.4) is 0 Å². The Hall–Kier alpha value is -2.89. The number of hydrogen-bond donors (Lipinski definition) is 0. The molecule has 0 N–H and O–H groups in total. The fourth-order valence-corrected chi connectivity index (χ4v) is 3.59. The van der Waals surface area contributed by atoms with Crippen LogP contribution in [0.25, 0.3) is 0 Å². The quantitative estimate of drug-likeness (QED) is 0.715. The Bertz CT molecular complexity index is 867. The second-order valence-electron chi connectivity index (χ2n) is 6.92. The maximum Gasteiger partial charge on any atom is 0.310 e. The Morgan fingerprint density at radius 1 is 1.21 bits per heavy atom. The van der Waals surface area contributed by atoms with Crippen LogP contribution in [0.4, 0.5) is 4.39 Å². The van der Waals surface area contributed by atoms with E-state index in [0.29, 0.717) is 5.56 Å². The first-order valence-corrected chi connectivity index (χ1v) is 9.31. The number of nitrogens with zero attached hydrogens (tertiary/aromatic N) is 1. The van der Waals surface area contributed by atoms with Gasteiger partial charge in [-0.2, -0.15) is 0 Å². The molecule has 2 aromatic rings. The van der Waals surface area contributed by atoms with Crippen LogP contribution in [0.1, 0.15) is 35.6 Å². The number of esters is 1. The van der Waals surface area contributed by atoms with Gasteiger partial charge in [-0.25, -0.2) is 4.39 Å². The van der Waals surface area contributed by atoms with E-state index >= 15 is 0 Å². The third-order valence-electron chi connectivity index (χ3n) is 5.12. The number of aryl methyl sites for hydroxylation is 1. The van der Waals surface area contributed by atoms with Gasteiger partial charge in [-0.15, -0.1) is 0 Å². The number of rotatable bonds is 6. The highest BCUT2D eigenvalue weighted by atomic mass is 19.1. The normalized spacial score (nSPS) is 15.5. The average Bonchev–Trinajstić information content (AvgIpc) is 2.71. The van der Waals surface area contributed by atoms with E-state index in [4.69, 9.17) is 9.47 Å². The van der Waals surface area contributed by atoms with E-state index in [1.165, 1.54) is 24.8 Å². The van der Waals surface area contributed by atoms with Gasteiger partial charge in [-0.1, -0.05) is 30.3 Å². The van der Waals surface area contributed by atoms with Gasteiger partial charge in [-0.05, 0) is 48.1 Å². The Balaban J connectivity index is 1.55. The highest BCUT2D eigenvalue weighted by molar-refractivity contribution is 5.81. The summed E-state index contributed by atoms with van der Waals surface area (Å²) in [5.74, 6) is -1.26. The SMILES string of the molecule is COc1ccc(CC(=O)OCC(=O)N(C)[C@@H]2CCCc3ccccc32)cc1F. The summed E-state index contributed by atoms with van der Waals surface area (Å²) < 4.78 is 23.7. The Morgan fingerprint density at radius 3 is 2.75 bits per heavy atom. The van der Waals surface area contributed by atoms with Crippen molar-refractivity contribution < 1.29 is 23.5 Å². The zero-order valence-electron chi connectivity index (χ0n) is 16.1. The van der Waals surface area contributed by atoms with Crippen LogP contribution in [0, 0.1) is 5.82 Å². The average molecular weight is 385 g/mol. The zero-order chi connectivity index (χ0) is 20.1. The molecule has 0 aliphatic heterocycles. The minimum absolute atomic E-state index is 0.00756. The van der Waals surface area contributed by atoms with Crippen LogP contribution < -0.4 is 4.74 Å². The minimum Gasteiger partial charge on any atom is -0.494 e. The lowest BCUT2D eigenvalue weighted by molar-refractivity contribution is -0.152. The van der Waals surface area contributed by atoms with Crippen molar-refractivity contribution in [3.05, 3.63) is 65.0 Å². The molecule has 0 spiro atoms. The molecule has 0 aromatic heterocycles. The van der Waals surface area contributed by atoms with E-state index in [1.807, 2.05) is 18.2 Å². The molecular weight excluding hydrogens is 361 g/mol. The summed E-state index contributed by atoms with van der Waals surface area (Å²) >= 11 is 0. The molecule has 0 heterocycles. The van der Waals surface area contributed by atoms with Crippen LogP contribution in [0.2, 0.25) is 0 Å². The number of hydrogen-bond acceptors (Lipinski definition) is 4. The molecule has 0 unspecified atom stereocenters. The van der Waals surface area contributed by atoms with E-state index < -0.39 is 11.8 Å². The highest BCUT2D eigenvalue weighted by Crippen LogP contribution is 2.33. The van der Waals surface area contributed by atoms with Crippen LogP contribution in [0.15, 0.2) is 42.5 Å². The third-order valence-corrected chi connectivity index (χ3v) is 5.12. The van der Waals surface area contributed by atoms with E-state index in [2.05, 4.69) is 6.07 Å². The van der Waals surface area contributed by atoms with Crippen molar-refractivity contribution in [2.45, 2.75) is 31.7 Å². The molecule has 148 valence electrons. The van der Waals surface area contributed by atoms with Gasteiger partial charge in [0.2, 0.25) is 0 Å². The Kier molecular flexibility index (Phi) is 6.29. The van der Waals surface area contributed by atoms with E-state index in [-0.39, 0.29) is 30.7 Å². The van der Waals surface area contributed by atoms with Gasteiger partial charge in [0.05, 0.1) is 19.6 Å². The number of halogens is 1. The molecular formula is C22H24FNO4. The van der Waals surface area contributed by atoms with E-state index in [9.17, 15) is 14.0 Å². The van der Waals surface area contributed by atoms with Crippen molar-refractivity contribution >= 4 is 11.9 Å². The minimum atomic E-state index is -0.574. The van der Waals surface area contributed by atoms with Crippen LogP contribution in [0.5, 0.6) is 5.75 Å². The van der Waals surface area contributed by atoms with Crippen molar-refractivity contribution in [3.8, 4) is 5.75 Å². The number of methoxy groups -OCH3 is 1. The molecule has 28 heavy (non-hydrogen) atoms. The van der Waals surface area contributed by atoms with Crippen molar-refractivity contribution in [1.82, 2.24) is 4.90 Å². The molecule has 0 bridgehead atoms. The van der Waals surface area contributed by atoms with Crippen molar-refractivity contribution in [2.24, 2.45) is 0 Å². The van der Waals surface area contributed by atoms with Crippen molar-refractivity contribution in [1.29, 1.82) is 0 Å². The zero-order valence-corrected chi connectivity index (χ0v) is 16.1. The van der Waals surface area contributed by atoms with Gasteiger partial charge >= 0.3 is 5.97 Å². The molecule has 3 rings (SSSR count). The maximum absolute atomic E-state index is 13.7. The standard InChI is InChI=1S/C22H24FNO4/c1-24(19-9-5-7-16-6-3-4-8-17(16)19)21(25)14-28-22(26)13-15-10-11-20(27-2)18(23)12-15/h3-4,6,8,10-12,19H,5,7,9,13-14H2,1-2H3/t19-/m1/s1. The lowest BCUT2D eigenvalue weighted by atomic mass is 9.87. The summed E-state index contributed by atoms with van der Waals surface area (Å²) in [4.78, 5) is 26.2. The molecule has 0 saturated heterocycles. The van der Waals surface area contributed by atoms with Gasteiger partial charge in [0, 0.05) is 7.05 Å². The van der Waals surface area contributed by atoms with Gasteiger partial charge in [-0.3, -0.25) is 9.59 Å². The number of amides is 1. The molecule has 1 aliphatic carbocycles. The van der Waals surface area contributed by atoms with Crippen LogP contribution in [-0.4, -0.2) is 37.5 Å². The van der Waals surface area contributed by atoms with Gasteiger partial charge < -0.3 is 14.4 Å². The fourth-order valence-electron chi connectivity index (χ4n) is 3.59. The van der Waals surface area contributed by atoms with Gasteiger partial charge in [0.25, 0.3) is 5.91 Å². The molecule has 0 saturated carbocycles. The molecule has 2 aromatic carbocycles. The first-order valence-electron chi connectivity index (χ1n) is 9.31. The third kappa shape index (κ3) is 4.50. The van der Waals surface area contributed by atoms with Crippen molar-refractivity contribution in [2.75, 3.05) is 20.8 Å². The Labute approximate surface area is 164 Å². The summed E-state index contributed by atoms with van der Waals surface area (Å²) in [7, 11) is 3.11. The van der Waals surface area contributed by atoms with Crippen molar-refractivity contribution in [3.63, 3.8) is 0 Å². The summed E-state index contributed by atoms with van der Waals surface area (Å²) in [5.41, 5.74) is 2.88. The predicted octanol–water partition coefficient (Wildman–Crippen LogP) is 3.46. The summed E-state index contributed by atoms with van der Waals surface area (Å²) in [6.07, 6.45) is 2.81. The molecule has 6 heteroatoms. The summed E-state index contributed by atoms with van der Waals surface area (Å²) in [6, 6.07) is 12.4. The number of fused-ring (bicyclic) bond motifs is 1. The smallest absolute Gasteiger partial charge is 0.310 e. The number of carbonyl (C=O) groups excluding carboxylic acids is 2. The molecule has 1 aliphatic rings. The second kappa shape index (κ2) is 8.87. The predicted molar refractivity (Wildman–Crippen MR) is 103 cm³/mol. The van der Waals surface area contributed by atoms with E-state index in [0.717, 1.165) is 24.8 Å². The highest BCUT2D eigenvalue weighted by Gasteiger charge is 2.27. The van der Waals surface area contributed by atoms with Crippen LogP contribution >= 0.6 is 0 Å². The molecule has 5 nitrogen and oxygen atoms in total. The second-order valence-corrected chi connectivity index (χ2v) is 6.92. The number of benzene rings is 2. The first kappa shape index (κ1) is 19.9. The molecule has 0 radical (unpaired) electrons. The molecule has 1 atom stereocenters. The lowest BCUT2D eigenvalue weighted by Crippen LogP contribution is -2.36. The lowest BCUT2D eigenvalue weighted by Gasteiger charge is -2.33. The summed E-state index contributed by atoms with van der Waals surface area (Å²) in [6.45, 7) is -0.327. The fraction of sp³-hybridized carbons (Fsp3) is 0.364. The van der Waals surface area contributed by atoms with Gasteiger partial charge in [0.1, 0.15) is 0 Å². The largest absolute Gasteiger partial charge is 0.494 e. The van der Waals surface area contributed by atoms with E-state index in [1.54, 1.807) is 18.0 Å². The molecule has 1 amide bonds. The Morgan fingerprint density at radius 2 is 2.00 bits per heavy atom. The monoisotopic (exact) mass is 385 g/mol. The number of ether oxygens (including phenoxy) is 2. The van der Waals surface area contributed by atoms with Crippen LogP contribution in [-0.2, 0) is 27.2 Å². The summed E-state index contributed by atoms with van der Waals surface area (Å²) in [5, 5.41) is 0. The maximum atomic E-state index is 13.7. The number of carbonyl (C=O) groups is 2.